The van der Waals surface area contributed by atoms with Crippen LogP contribution < -0.4 is 11.3 Å². The number of nitrogens with two attached hydrogens (primary N) is 1. The summed E-state index contributed by atoms with van der Waals surface area (Å²) in [5, 5.41) is 0.0319. The zero-order valence-corrected chi connectivity index (χ0v) is 17.9. The molecular weight excluding hydrogens is 431 g/mol. The van der Waals surface area contributed by atoms with Gasteiger partial charge in [-0.15, -0.1) is 0 Å². The van der Waals surface area contributed by atoms with Gasteiger partial charge in [0.15, 0.2) is 0 Å². The SMILES string of the molecule is Cc1nc2oc(-c3ccc(C4(N)CCC4)cc3)c(-c3ccccc3)c2c(=O)n1CC(F)(F)F. The molecule has 2 aromatic heterocycles. The quantitative estimate of drug-likeness (QED) is 0.441. The van der Waals surface area contributed by atoms with Gasteiger partial charge in [-0.3, -0.25) is 9.36 Å². The monoisotopic (exact) mass is 453 g/mol. The minimum atomic E-state index is -4.56. The summed E-state index contributed by atoms with van der Waals surface area (Å²) < 4.78 is 46.1. The first-order chi connectivity index (χ1) is 15.7. The summed E-state index contributed by atoms with van der Waals surface area (Å²) in [4.78, 5) is 17.5. The first-order valence-electron chi connectivity index (χ1n) is 10.7. The number of aryl methyl sites for hydroxylation is 1. The zero-order valence-electron chi connectivity index (χ0n) is 17.9. The van der Waals surface area contributed by atoms with Crippen molar-refractivity contribution in [3.05, 3.63) is 76.3 Å². The Morgan fingerprint density at radius 1 is 1.06 bits per heavy atom. The summed E-state index contributed by atoms with van der Waals surface area (Å²) in [5.74, 6) is 0.325. The largest absolute Gasteiger partial charge is 0.437 e. The van der Waals surface area contributed by atoms with Gasteiger partial charge in [0.25, 0.3) is 5.56 Å². The number of halogens is 3. The number of alkyl halides is 3. The van der Waals surface area contributed by atoms with Crippen molar-refractivity contribution in [3.63, 3.8) is 0 Å². The normalized spacial score (nSPS) is 15.5. The van der Waals surface area contributed by atoms with Crippen molar-refractivity contribution in [1.82, 2.24) is 9.55 Å². The van der Waals surface area contributed by atoms with Crippen molar-refractivity contribution in [2.45, 2.75) is 44.4 Å². The molecule has 4 aromatic rings. The van der Waals surface area contributed by atoms with Gasteiger partial charge in [0.2, 0.25) is 5.71 Å². The van der Waals surface area contributed by atoms with Crippen LogP contribution in [0.15, 0.2) is 63.8 Å². The maximum atomic E-state index is 13.2. The third kappa shape index (κ3) is 3.74. The van der Waals surface area contributed by atoms with Gasteiger partial charge in [-0.25, -0.2) is 0 Å². The van der Waals surface area contributed by atoms with Crippen molar-refractivity contribution < 1.29 is 17.6 Å². The highest BCUT2D eigenvalue weighted by atomic mass is 19.4. The molecule has 1 fully saturated rings. The third-order valence-corrected chi connectivity index (χ3v) is 6.37. The highest BCUT2D eigenvalue weighted by Crippen LogP contribution is 2.42. The Kier molecular flexibility index (Phi) is 4.93. The van der Waals surface area contributed by atoms with Crippen LogP contribution in [0.3, 0.4) is 0 Å². The number of hydrogen-bond donors (Lipinski definition) is 1. The van der Waals surface area contributed by atoms with Crippen LogP contribution in [-0.2, 0) is 12.1 Å². The number of rotatable bonds is 4. The van der Waals surface area contributed by atoms with Crippen LogP contribution in [-0.4, -0.2) is 15.7 Å². The van der Waals surface area contributed by atoms with Gasteiger partial charge in [0, 0.05) is 16.7 Å². The van der Waals surface area contributed by atoms with E-state index in [1.807, 2.05) is 30.3 Å². The van der Waals surface area contributed by atoms with E-state index in [0.717, 1.165) is 24.8 Å². The lowest BCUT2D eigenvalue weighted by molar-refractivity contribution is -0.141. The fourth-order valence-electron chi connectivity index (χ4n) is 4.43. The van der Waals surface area contributed by atoms with Crippen LogP contribution in [0.4, 0.5) is 13.2 Å². The first-order valence-corrected chi connectivity index (χ1v) is 10.7. The number of furan rings is 1. The molecular formula is C25H22F3N3O2. The van der Waals surface area contributed by atoms with E-state index in [9.17, 15) is 18.0 Å². The molecule has 1 aliphatic rings. The number of hydrogen-bond acceptors (Lipinski definition) is 4. The molecule has 0 radical (unpaired) electrons. The second kappa shape index (κ2) is 7.59. The molecule has 0 amide bonds. The zero-order chi connectivity index (χ0) is 23.4. The molecule has 1 saturated carbocycles. The minimum Gasteiger partial charge on any atom is -0.437 e. The molecule has 0 saturated heterocycles. The standard InChI is InChI=1S/C25H22F3N3O2/c1-15-30-22-20(23(32)31(15)14-25(26,27)28)19(16-6-3-2-4-7-16)21(33-22)17-8-10-18(11-9-17)24(29)12-5-13-24/h2-4,6-11H,5,12-14,29H2,1H3. The van der Waals surface area contributed by atoms with Crippen LogP contribution >= 0.6 is 0 Å². The summed E-state index contributed by atoms with van der Waals surface area (Å²) in [6.45, 7) is -0.0479. The first kappa shape index (κ1) is 21.5. The van der Waals surface area contributed by atoms with Crippen LogP contribution in [0.1, 0.15) is 30.7 Å². The Hall–Kier alpha value is -3.39. The van der Waals surface area contributed by atoms with E-state index in [1.54, 1.807) is 24.3 Å². The molecule has 5 rings (SSSR count). The maximum absolute atomic E-state index is 13.2. The smallest absolute Gasteiger partial charge is 0.406 e. The Morgan fingerprint density at radius 2 is 1.73 bits per heavy atom. The van der Waals surface area contributed by atoms with E-state index < -0.39 is 18.3 Å². The molecule has 5 nitrogen and oxygen atoms in total. The number of fused-ring (bicyclic) bond motifs is 1. The molecule has 170 valence electrons. The van der Waals surface area contributed by atoms with Crippen LogP contribution in [0.2, 0.25) is 0 Å². The van der Waals surface area contributed by atoms with Gasteiger partial charge in [-0.05, 0) is 37.3 Å². The predicted octanol–water partition coefficient (Wildman–Crippen LogP) is 5.53. The molecule has 0 bridgehead atoms. The number of benzene rings is 2. The molecule has 2 heterocycles. The average Bonchev–Trinajstić information content (AvgIpc) is 3.14. The number of aromatic nitrogens is 2. The Morgan fingerprint density at radius 3 is 2.30 bits per heavy atom. The van der Waals surface area contributed by atoms with Crippen molar-refractivity contribution in [2.75, 3.05) is 0 Å². The molecule has 0 spiro atoms. The number of nitrogens with zero attached hydrogens (tertiary/aromatic N) is 2. The van der Waals surface area contributed by atoms with Gasteiger partial charge in [0.05, 0.1) is 0 Å². The van der Waals surface area contributed by atoms with E-state index in [2.05, 4.69) is 4.98 Å². The van der Waals surface area contributed by atoms with Gasteiger partial charge in [0.1, 0.15) is 23.5 Å². The van der Waals surface area contributed by atoms with Crippen molar-refractivity contribution in [1.29, 1.82) is 0 Å². The highest BCUT2D eigenvalue weighted by Gasteiger charge is 2.34. The lowest BCUT2D eigenvalue weighted by Gasteiger charge is -2.38. The molecule has 2 N–H and O–H groups in total. The Labute approximate surface area is 187 Å². The molecule has 33 heavy (non-hydrogen) atoms. The fraction of sp³-hybridized carbons (Fsp3) is 0.280. The second-order valence-electron chi connectivity index (χ2n) is 8.60. The third-order valence-electron chi connectivity index (χ3n) is 6.37. The van der Waals surface area contributed by atoms with Gasteiger partial charge in [-0.1, -0.05) is 54.6 Å². The van der Waals surface area contributed by atoms with Gasteiger partial charge >= 0.3 is 6.18 Å². The topological polar surface area (TPSA) is 74.1 Å². The summed E-state index contributed by atoms with van der Waals surface area (Å²) in [5.41, 5.74) is 8.15. The van der Waals surface area contributed by atoms with Crippen LogP contribution in [0.25, 0.3) is 33.6 Å². The average molecular weight is 453 g/mol. The highest BCUT2D eigenvalue weighted by molar-refractivity contribution is 6.00. The van der Waals surface area contributed by atoms with Crippen molar-refractivity contribution in [2.24, 2.45) is 5.73 Å². The van der Waals surface area contributed by atoms with E-state index in [4.69, 9.17) is 10.2 Å². The molecule has 2 aromatic carbocycles. The lowest BCUT2D eigenvalue weighted by Crippen LogP contribution is -2.43. The summed E-state index contributed by atoms with van der Waals surface area (Å²) in [6, 6.07) is 16.6. The minimum absolute atomic E-state index is 0.0168. The maximum Gasteiger partial charge on any atom is 0.406 e. The van der Waals surface area contributed by atoms with Crippen LogP contribution in [0, 0.1) is 6.92 Å². The molecule has 0 atom stereocenters. The summed E-state index contributed by atoms with van der Waals surface area (Å²) in [6.07, 6.45) is -1.61. The second-order valence-corrected chi connectivity index (χ2v) is 8.60. The lowest BCUT2D eigenvalue weighted by atomic mass is 9.72. The molecule has 1 aliphatic carbocycles. The molecule has 8 heteroatoms. The molecule has 0 aliphatic heterocycles. The Bertz CT molecular complexity index is 1380. The Balaban J connectivity index is 1.74. The van der Waals surface area contributed by atoms with Crippen molar-refractivity contribution >= 4 is 11.1 Å². The van der Waals surface area contributed by atoms with Gasteiger partial charge < -0.3 is 10.2 Å². The van der Waals surface area contributed by atoms with Gasteiger partial charge in [-0.2, -0.15) is 18.2 Å². The van der Waals surface area contributed by atoms with E-state index in [-0.39, 0.29) is 22.5 Å². The van der Waals surface area contributed by atoms with Crippen LogP contribution in [0.5, 0.6) is 0 Å². The summed E-state index contributed by atoms with van der Waals surface area (Å²) in [7, 11) is 0. The van der Waals surface area contributed by atoms with Crippen molar-refractivity contribution in [3.8, 4) is 22.5 Å². The molecule has 0 unspecified atom stereocenters. The van der Waals surface area contributed by atoms with E-state index in [0.29, 0.717) is 27.0 Å². The van der Waals surface area contributed by atoms with E-state index in [1.165, 1.54) is 6.92 Å². The van der Waals surface area contributed by atoms with E-state index >= 15 is 0 Å². The fourth-order valence-corrected chi connectivity index (χ4v) is 4.43. The predicted molar refractivity (Wildman–Crippen MR) is 120 cm³/mol. The summed E-state index contributed by atoms with van der Waals surface area (Å²) >= 11 is 0.